The third-order valence-electron chi connectivity index (χ3n) is 3.78. The van der Waals surface area contributed by atoms with Crippen LogP contribution in [0.5, 0.6) is 0 Å². The molecular weight excluding hydrogens is 344 g/mol. The molecule has 1 aromatic carbocycles. The summed E-state index contributed by atoms with van der Waals surface area (Å²) in [5.74, 6) is 0. The van der Waals surface area contributed by atoms with Gasteiger partial charge in [-0.2, -0.15) is 0 Å². The molecule has 2 rings (SSSR count). The Labute approximate surface area is 140 Å². The Morgan fingerprint density at radius 1 is 1.29 bits per heavy atom. The lowest BCUT2D eigenvalue weighted by Gasteiger charge is -2.31. The van der Waals surface area contributed by atoms with Gasteiger partial charge in [0.05, 0.1) is 6.04 Å². The molecule has 0 aliphatic rings. The van der Waals surface area contributed by atoms with Crippen LogP contribution in [-0.4, -0.2) is 18.0 Å². The van der Waals surface area contributed by atoms with Crippen molar-refractivity contribution >= 4 is 27.3 Å². The third-order valence-corrected chi connectivity index (χ3v) is 5.55. The van der Waals surface area contributed by atoms with Crippen LogP contribution in [0.1, 0.15) is 35.4 Å². The predicted molar refractivity (Wildman–Crippen MR) is 95.7 cm³/mol. The van der Waals surface area contributed by atoms with Crippen LogP contribution in [0.25, 0.3) is 0 Å². The zero-order chi connectivity index (χ0) is 15.4. The van der Waals surface area contributed by atoms with Crippen molar-refractivity contribution in [3.8, 4) is 0 Å². The first-order chi connectivity index (χ1) is 10.0. The maximum absolute atomic E-state index is 6.39. The number of nitrogens with zero attached hydrogens (tertiary/aromatic N) is 1. The predicted octanol–water partition coefficient (Wildman–Crippen LogP) is 4.73. The Hall–Kier alpha value is -0.680. The minimum atomic E-state index is 0.144. The van der Waals surface area contributed by atoms with Gasteiger partial charge in [-0.05, 0) is 48.0 Å². The third kappa shape index (κ3) is 4.39. The Bertz CT molecular complexity index is 564. The molecule has 1 aromatic heterocycles. The zero-order valence-corrected chi connectivity index (χ0v) is 15.2. The van der Waals surface area contributed by atoms with Crippen molar-refractivity contribution in [2.75, 3.05) is 7.05 Å². The SMILES string of the molecule is CCC(N)C(c1cc(Br)cs1)N(C)Cc1ccc(C)cc1. The molecule has 21 heavy (non-hydrogen) atoms. The lowest BCUT2D eigenvalue weighted by molar-refractivity contribution is 0.205. The van der Waals surface area contributed by atoms with E-state index in [0.717, 1.165) is 17.4 Å². The Morgan fingerprint density at radius 2 is 1.95 bits per heavy atom. The average Bonchev–Trinajstić information content (AvgIpc) is 2.87. The van der Waals surface area contributed by atoms with Crippen LogP contribution < -0.4 is 5.73 Å². The van der Waals surface area contributed by atoms with Crippen LogP contribution in [-0.2, 0) is 6.54 Å². The number of halogens is 1. The molecular formula is C17H23BrN2S. The highest BCUT2D eigenvalue weighted by Gasteiger charge is 2.24. The Morgan fingerprint density at radius 3 is 2.48 bits per heavy atom. The molecule has 0 radical (unpaired) electrons. The summed E-state index contributed by atoms with van der Waals surface area (Å²) in [6.45, 7) is 5.18. The van der Waals surface area contributed by atoms with Gasteiger partial charge in [-0.25, -0.2) is 0 Å². The Kier molecular flexibility index (Phi) is 5.99. The number of rotatable bonds is 6. The van der Waals surface area contributed by atoms with Gasteiger partial charge in [-0.3, -0.25) is 4.90 Å². The van der Waals surface area contributed by atoms with Gasteiger partial charge in [0.15, 0.2) is 0 Å². The molecule has 0 bridgehead atoms. The van der Waals surface area contributed by atoms with E-state index in [1.165, 1.54) is 16.0 Å². The first kappa shape index (κ1) is 16.7. The van der Waals surface area contributed by atoms with Gasteiger partial charge < -0.3 is 5.73 Å². The van der Waals surface area contributed by atoms with Gasteiger partial charge in [0.1, 0.15) is 0 Å². The van der Waals surface area contributed by atoms with Gasteiger partial charge in [0.2, 0.25) is 0 Å². The molecule has 2 nitrogen and oxygen atoms in total. The smallest absolute Gasteiger partial charge is 0.0594 e. The van der Waals surface area contributed by atoms with Crippen LogP contribution in [0.15, 0.2) is 40.2 Å². The summed E-state index contributed by atoms with van der Waals surface area (Å²) in [7, 11) is 2.16. The second-order valence-electron chi connectivity index (χ2n) is 5.58. The van der Waals surface area contributed by atoms with Crippen molar-refractivity contribution in [3.63, 3.8) is 0 Å². The normalized spacial score (nSPS) is 14.4. The summed E-state index contributed by atoms with van der Waals surface area (Å²) in [4.78, 5) is 3.68. The van der Waals surface area contributed by atoms with Crippen LogP contribution in [0.3, 0.4) is 0 Å². The zero-order valence-electron chi connectivity index (χ0n) is 12.8. The van der Waals surface area contributed by atoms with Crippen molar-refractivity contribution in [3.05, 3.63) is 56.2 Å². The fourth-order valence-corrected chi connectivity index (χ4v) is 4.23. The van der Waals surface area contributed by atoms with Gasteiger partial charge in [-0.1, -0.05) is 36.8 Å². The molecule has 0 fully saturated rings. The van der Waals surface area contributed by atoms with E-state index < -0.39 is 0 Å². The lowest BCUT2D eigenvalue weighted by atomic mass is 10.0. The fourth-order valence-electron chi connectivity index (χ4n) is 2.54. The van der Waals surface area contributed by atoms with Crippen molar-refractivity contribution in [1.29, 1.82) is 0 Å². The van der Waals surface area contributed by atoms with Gasteiger partial charge in [0, 0.05) is 27.3 Å². The summed E-state index contributed by atoms with van der Waals surface area (Å²) in [5.41, 5.74) is 9.01. The summed E-state index contributed by atoms with van der Waals surface area (Å²) in [5, 5.41) is 2.13. The summed E-state index contributed by atoms with van der Waals surface area (Å²) in [6.07, 6.45) is 0.971. The molecule has 4 heteroatoms. The number of aryl methyl sites for hydroxylation is 1. The Balaban J connectivity index is 2.18. The van der Waals surface area contributed by atoms with E-state index in [1.807, 2.05) is 0 Å². The number of hydrogen-bond donors (Lipinski definition) is 1. The number of nitrogens with two attached hydrogens (primary N) is 1. The van der Waals surface area contributed by atoms with Gasteiger partial charge in [0.25, 0.3) is 0 Å². The highest BCUT2D eigenvalue weighted by atomic mass is 79.9. The second-order valence-corrected chi connectivity index (χ2v) is 7.44. The molecule has 0 aliphatic heterocycles. The number of likely N-dealkylation sites (N-methyl/N-ethyl adjacent to an activating group) is 1. The van der Waals surface area contributed by atoms with E-state index in [1.54, 1.807) is 11.3 Å². The maximum Gasteiger partial charge on any atom is 0.0594 e. The van der Waals surface area contributed by atoms with E-state index in [4.69, 9.17) is 5.73 Å². The van der Waals surface area contributed by atoms with Crippen LogP contribution in [0.4, 0.5) is 0 Å². The maximum atomic E-state index is 6.39. The van der Waals surface area contributed by atoms with Gasteiger partial charge >= 0.3 is 0 Å². The topological polar surface area (TPSA) is 29.3 Å². The molecule has 0 saturated carbocycles. The summed E-state index contributed by atoms with van der Waals surface area (Å²) >= 11 is 5.32. The fraction of sp³-hybridized carbons (Fsp3) is 0.412. The van der Waals surface area contributed by atoms with E-state index in [-0.39, 0.29) is 12.1 Å². The molecule has 2 unspecified atom stereocenters. The van der Waals surface area contributed by atoms with E-state index in [0.29, 0.717) is 0 Å². The van der Waals surface area contributed by atoms with E-state index in [9.17, 15) is 0 Å². The molecule has 1 heterocycles. The minimum Gasteiger partial charge on any atom is -0.326 e. The molecule has 0 aliphatic carbocycles. The van der Waals surface area contributed by atoms with Crippen LogP contribution in [0.2, 0.25) is 0 Å². The molecule has 0 spiro atoms. The highest BCUT2D eigenvalue weighted by molar-refractivity contribution is 9.10. The molecule has 114 valence electrons. The summed E-state index contributed by atoms with van der Waals surface area (Å²) in [6, 6.07) is 11.3. The monoisotopic (exact) mass is 366 g/mol. The van der Waals surface area contributed by atoms with Crippen LogP contribution in [0, 0.1) is 6.92 Å². The van der Waals surface area contributed by atoms with E-state index >= 15 is 0 Å². The molecule has 2 atom stereocenters. The molecule has 0 saturated heterocycles. The van der Waals surface area contributed by atoms with Crippen molar-refractivity contribution < 1.29 is 0 Å². The summed E-state index contributed by atoms with van der Waals surface area (Å²) < 4.78 is 1.14. The molecule has 2 N–H and O–H groups in total. The molecule has 0 amide bonds. The highest BCUT2D eigenvalue weighted by Crippen LogP contribution is 2.32. The quantitative estimate of drug-likeness (QED) is 0.800. The number of benzene rings is 1. The standard InChI is InChI=1S/C17H23BrN2S/c1-4-15(19)17(16-9-14(18)11-21-16)20(3)10-13-7-5-12(2)6-8-13/h5-9,11,15,17H,4,10,19H2,1-3H3. The van der Waals surface area contributed by atoms with Crippen molar-refractivity contribution in [2.24, 2.45) is 5.73 Å². The van der Waals surface area contributed by atoms with Gasteiger partial charge in [-0.15, -0.1) is 11.3 Å². The van der Waals surface area contributed by atoms with Crippen molar-refractivity contribution in [2.45, 2.75) is 38.9 Å². The molecule has 2 aromatic rings. The first-order valence-corrected chi connectivity index (χ1v) is 8.93. The van der Waals surface area contributed by atoms with E-state index in [2.05, 4.69) is 77.4 Å². The largest absolute Gasteiger partial charge is 0.326 e. The first-order valence-electron chi connectivity index (χ1n) is 7.26. The van der Waals surface area contributed by atoms with Crippen LogP contribution >= 0.6 is 27.3 Å². The average molecular weight is 367 g/mol. The lowest BCUT2D eigenvalue weighted by Crippen LogP contribution is -2.38. The second kappa shape index (κ2) is 7.54. The number of thiophene rings is 1. The number of hydrogen-bond acceptors (Lipinski definition) is 3. The van der Waals surface area contributed by atoms with Crippen molar-refractivity contribution in [1.82, 2.24) is 4.90 Å². The minimum absolute atomic E-state index is 0.144.